The first kappa shape index (κ1) is 18.1. The van der Waals surface area contributed by atoms with Crippen molar-refractivity contribution in [1.29, 1.82) is 0 Å². The van der Waals surface area contributed by atoms with Crippen LogP contribution in [0.2, 0.25) is 0 Å². The van der Waals surface area contributed by atoms with Crippen LogP contribution in [-0.4, -0.2) is 29.0 Å². The summed E-state index contributed by atoms with van der Waals surface area (Å²) in [4.78, 5) is 1.61. The highest BCUT2D eigenvalue weighted by Crippen LogP contribution is 2.25. The maximum Gasteiger partial charge on any atom is 0.0486 e. The van der Waals surface area contributed by atoms with E-state index in [2.05, 4.69) is 132 Å². The first-order valence-electron chi connectivity index (χ1n) is 5.31. The van der Waals surface area contributed by atoms with Crippen molar-refractivity contribution in [3.63, 3.8) is 0 Å². The van der Waals surface area contributed by atoms with Gasteiger partial charge in [-0.2, -0.15) is 0 Å². The lowest BCUT2D eigenvalue weighted by Gasteiger charge is -2.16. The molecule has 0 nitrogen and oxygen atoms in total. The summed E-state index contributed by atoms with van der Waals surface area (Å²) < 4.78 is 0. The highest BCUT2D eigenvalue weighted by atomic mass is 79.9. The van der Waals surface area contributed by atoms with Crippen LogP contribution in [0, 0.1) is 0 Å². The lowest BCUT2D eigenvalue weighted by molar-refractivity contribution is 1.04. The third kappa shape index (κ3) is 6.25. The second-order valence-electron chi connectivity index (χ2n) is 3.82. The van der Waals surface area contributed by atoms with Gasteiger partial charge in [0.25, 0.3) is 0 Å². The Bertz CT molecular complexity index is 255. The fourth-order valence-corrected chi connectivity index (χ4v) is 3.39. The molecule has 1 aliphatic rings. The second kappa shape index (κ2) is 9.19. The Kier molecular flexibility index (Phi) is 9.26. The minimum atomic E-state index is 0.269. The SMILES string of the molecule is BrC1C=CC(Br)C(Br)C=CC(Br)C(Br)C=CC1Br. The molecule has 0 spiro atoms. The van der Waals surface area contributed by atoms with Crippen molar-refractivity contribution < 1.29 is 0 Å². The lowest BCUT2D eigenvalue weighted by Crippen LogP contribution is -2.16. The van der Waals surface area contributed by atoms with Crippen LogP contribution in [-0.2, 0) is 0 Å². The molecule has 6 heteroatoms. The highest BCUT2D eigenvalue weighted by molar-refractivity contribution is 9.13. The van der Waals surface area contributed by atoms with E-state index in [9.17, 15) is 0 Å². The molecule has 0 fully saturated rings. The Labute approximate surface area is 159 Å². The van der Waals surface area contributed by atoms with Gasteiger partial charge >= 0.3 is 0 Å². The first-order chi connectivity index (χ1) is 8.41. The molecule has 18 heavy (non-hydrogen) atoms. The summed E-state index contributed by atoms with van der Waals surface area (Å²) in [6.45, 7) is 0. The van der Waals surface area contributed by atoms with Gasteiger partial charge in [-0.15, -0.1) is 0 Å². The Hall–Kier alpha value is 2.10. The van der Waals surface area contributed by atoms with Crippen LogP contribution in [0.4, 0.5) is 0 Å². The molecule has 102 valence electrons. The minimum absolute atomic E-state index is 0.269. The molecular weight excluding hydrogens is 624 g/mol. The third-order valence-corrected chi connectivity index (χ3v) is 9.73. The number of halogens is 6. The molecule has 6 atom stereocenters. The van der Waals surface area contributed by atoms with Gasteiger partial charge in [-0.3, -0.25) is 0 Å². The van der Waals surface area contributed by atoms with Gasteiger partial charge in [-0.05, 0) is 0 Å². The molecule has 1 rings (SSSR count). The average molecular weight is 636 g/mol. The Morgan fingerprint density at radius 3 is 0.556 bits per heavy atom. The van der Waals surface area contributed by atoms with Gasteiger partial charge in [0.05, 0.1) is 0 Å². The summed E-state index contributed by atoms with van der Waals surface area (Å²) in [6, 6.07) is 0. The molecule has 0 aromatic heterocycles. The zero-order valence-corrected chi connectivity index (χ0v) is 18.7. The summed E-state index contributed by atoms with van der Waals surface area (Å²) in [6.07, 6.45) is 12.9. The molecule has 0 saturated carbocycles. The zero-order valence-electron chi connectivity index (χ0n) is 9.20. The Balaban J connectivity index is 2.94. The van der Waals surface area contributed by atoms with Crippen LogP contribution in [0.3, 0.4) is 0 Å². The molecule has 0 aliphatic heterocycles. The molecule has 6 unspecified atom stereocenters. The topological polar surface area (TPSA) is 0 Å². The summed E-state index contributed by atoms with van der Waals surface area (Å²) in [5.74, 6) is 0. The van der Waals surface area contributed by atoms with Gasteiger partial charge in [0, 0.05) is 29.0 Å². The van der Waals surface area contributed by atoms with Crippen molar-refractivity contribution in [1.82, 2.24) is 0 Å². The van der Waals surface area contributed by atoms with Crippen molar-refractivity contribution in [3.8, 4) is 0 Å². The van der Waals surface area contributed by atoms with Gasteiger partial charge in [-0.1, -0.05) is 132 Å². The number of alkyl halides is 6. The van der Waals surface area contributed by atoms with Crippen LogP contribution in [0.15, 0.2) is 36.5 Å². The molecule has 0 heterocycles. The van der Waals surface area contributed by atoms with E-state index in [0.717, 1.165) is 0 Å². The summed E-state index contributed by atoms with van der Waals surface area (Å²) in [7, 11) is 0. The van der Waals surface area contributed by atoms with Gasteiger partial charge in [0.1, 0.15) is 0 Å². The van der Waals surface area contributed by atoms with E-state index < -0.39 is 0 Å². The van der Waals surface area contributed by atoms with E-state index in [1.54, 1.807) is 0 Å². The van der Waals surface area contributed by atoms with E-state index in [0.29, 0.717) is 0 Å². The fraction of sp³-hybridized carbons (Fsp3) is 0.500. The minimum Gasteiger partial charge on any atom is -0.0830 e. The molecule has 0 aromatic carbocycles. The summed E-state index contributed by atoms with van der Waals surface area (Å²) >= 11 is 22.0. The van der Waals surface area contributed by atoms with Crippen molar-refractivity contribution >= 4 is 95.6 Å². The number of hydrogen-bond donors (Lipinski definition) is 0. The average Bonchev–Trinajstić information content (AvgIpc) is 2.36. The molecule has 0 radical (unpaired) electrons. The predicted octanol–water partition coefficient (Wildman–Crippen LogP) is 6.25. The van der Waals surface area contributed by atoms with Gasteiger partial charge in [-0.25, -0.2) is 0 Å². The predicted molar refractivity (Wildman–Crippen MR) is 104 cm³/mol. The lowest BCUT2D eigenvalue weighted by atomic mass is 10.1. The third-order valence-electron chi connectivity index (χ3n) is 2.35. The maximum atomic E-state index is 3.66. The molecule has 0 aromatic rings. The van der Waals surface area contributed by atoms with Crippen LogP contribution >= 0.6 is 95.6 Å². The van der Waals surface area contributed by atoms with E-state index >= 15 is 0 Å². The number of hydrogen-bond acceptors (Lipinski definition) is 0. The monoisotopic (exact) mass is 630 g/mol. The van der Waals surface area contributed by atoms with Gasteiger partial charge in [0.15, 0.2) is 0 Å². The van der Waals surface area contributed by atoms with E-state index in [-0.39, 0.29) is 29.0 Å². The van der Waals surface area contributed by atoms with Crippen molar-refractivity contribution in [2.24, 2.45) is 0 Å². The van der Waals surface area contributed by atoms with Crippen molar-refractivity contribution in [2.45, 2.75) is 29.0 Å². The molecule has 0 N–H and O–H groups in total. The second-order valence-corrected chi connectivity index (χ2v) is 10.2. The molecule has 0 saturated heterocycles. The van der Waals surface area contributed by atoms with Crippen LogP contribution in [0.5, 0.6) is 0 Å². The summed E-state index contributed by atoms with van der Waals surface area (Å²) in [5, 5.41) is 0. The maximum absolute atomic E-state index is 3.66. The zero-order chi connectivity index (χ0) is 13.7. The normalized spacial score (nSPS) is 42.3. The standard InChI is InChI=1S/C12H12Br6/c13-7-1-2-8(14)10(16)5-6-12(18)11(17)4-3-9(7)15/h1-12H. The highest BCUT2D eigenvalue weighted by Gasteiger charge is 2.17. The van der Waals surface area contributed by atoms with Crippen molar-refractivity contribution in [3.05, 3.63) is 36.5 Å². The van der Waals surface area contributed by atoms with E-state index in [1.165, 1.54) is 0 Å². The Morgan fingerprint density at radius 1 is 0.333 bits per heavy atom. The van der Waals surface area contributed by atoms with Gasteiger partial charge in [0.2, 0.25) is 0 Å². The summed E-state index contributed by atoms with van der Waals surface area (Å²) in [5.41, 5.74) is 0. The first-order valence-corrected chi connectivity index (χ1v) is 10.8. The molecular formula is C12H12Br6. The molecule has 0 bridgehead atoms. The molecule has 0 amide bonds. The fourth-order valence-electron chi connectivity index (χ4n) is 1.27. The van der Waals surface area contributed by atoms with Crippen LogP contribution in [0.25, 0.3) is 0 Å². The van der Waals surface area contributed by atoms with Crippen molar-refractivity contribution in [2.75, 3.05) is 0 Å². The quantitative estimate of drug-likeness (QED) is 0.218. The van der Waals surface area contributed by atoms with Gasteiger partial charge < -0.3 is 0 Å². The smallest absolute Gasteiger partial charge is 0.0486 e. The Morgan fingerprint density at radius 2 is 0.444 bits per heavy atom. The largest absolute Gasteiger partial charge is 0.0830 e. The molecule has 1 aliphatic carbocycles. The number of allylic oxidation sites excluding steroid dienone is 6. The number of rotatable bonds is 0. The van der Waals surface area contributed by atoms with E-state index in [4.69, 9.17) is 0 Å². The van der Waals surface area contributed by atoms with Crippen LogP contribution in [0.1, 0.15) is 0 Å². The van der Waals surface area contributed by atoms with Crippen LogP contribution < -0.4 is 0 Å². The van der Waals surface area contributed by atoms with E-state index in [1.807, 2.05) is 0 Å².